The van der Waals surface area contributed by atoms with E-state index in [1.165, 1.54) is 6.92 Å². The fourth-order valence-corrected chi connectivity index (χ4v) is 3.24. The van der Waals surface area contributed by atoms with Crippen LogP contribution >= 0.6 is 0 Å². The van der Waals surface area contributed by atoms with Gasteiger partial charge < -0.3 is 30.4 Å². The first-order valence-electron chi connectivity index (χ1n) is 9.71. The number of nitrogens with one attached hydrogen (secondary N) is 1. The first kappa shape index (κ1) is 22.4. The summed E-state index contributed by atoms with van der Waals surface area (Å²) in [5.74, 6) is -1.74. The standard InChI is InChI=1S/C22H24N2O7/c1-13(25)24-17-19(31-22(28)15-10-6-3-7-11-15)18(26)16(30-20(17)23)12-29-21(27)14-8-4-2-5-9-14/h2-11,16-20,26H,12,23H2,1H3,(H,24,25)/t16-,17-,18-,19-,20-/m1/s1. The third-order valence-electron chi connectivity index (χ3n) is 4.77. The number of nitrogens with two attached hydrogens (primary N) is 1. The van der Waals surface area contributed by atoms with E-state index in [9.17, 15) is 19.5 Å². The Hall–Kier alpha value is -3.27. The highest BCUT2D eigenvalue weighted by Gasteiger charge is 2.47. The number of rotatable bonds is 6. The van der Waals surface area contributed by atoms with Crippen molar-refractivity contribution in [3.63, 3.8) is 0 Å². The molecule has 0 radical (unpaired) electrons. The minimum Gasteiger partial charge on any atom is -0.459 e. The molecule has 0 bridgehead atoms. The van der Waals surface area contributed by atoms with Crippen LogP contribution in [0.25, 0.3) is 0 Å². The lowest BCUT2D eigenvalue weighted by Crippen LogP contribution is -2.67. The number of aliphatic hydroxyl groups excluding tert-OH is 1. The summed E-state index contributed by atoms with van der Waals surface area (Å²) < 4.78 is 16.3. The van der Waals surface area contributed by atoms with Crippen molar-refractivity contribution in [3.8, 4) is 0 Å². The smallest absolute Gasteiger partial charge is 0.338 e. The fourth-order valence-electron chi connectivity index (χ4n) is 3.24. The Morgan fingerprint density at radius 2 is 1.55 bits per heavy atom. The Labute approximate surface area is 179 Å². The zero-order valence-corrected chi connectivity index (χ0v) is 16.8. The van der Waals surface area contributed by atoms with Crippen molar-refractivity contribution in [2.75, 3.05) is 6.61 Å². The molecule has 9 nitrogen and oxygen atoms in total. The maximum absolute atomic E-state index is 12.5. The van der Waals surface area contributed by atoms with E-state index in [1.54, 1.807) is 60.7 Å². The highest BCUT2D eigenvalue weighted by Crippen LogP contribution is 2.23. The molecule has 164 valence electrons. The molecule has 1 amide bonds. The summed E-state index contributed by atoms with van der Waals surface area (Å²) in [5, 5.41) is 13.4. The largest absolute Gasteiger partial charge is 0.459 e. The average molecular weight is 428 g/mol. The average Bonchev–Trinajstić information content (AvgIpc) is 2.78. The van der Waals surface area contributed by atoms with E-state index in [1.807, 2.05) is 0 Å². The zero-order chi connectivity index (χ0) is 22.4. The van der Waals surface area contributed by atoms with Gasteiger partial charge in [0.2, 0.25) is 5.91 Å². The Morgan fingerprint density at radius 1 is 1.00 bits per heavy atom. The van der Waals surface area contributed by atoms with E-state index < -0.39 is 48.4 Å². The molecule has 0 aliphatic carbocycles. The molecular formula is C22H24N2O7. The summed E-state index contributed by atoms with van der Waals surface area (Å²) in [4.78, 5) is 36.3. The first-order valence-corrected chi connectivity index (χ1v) is 9.71. The molecule has 1 aliphatic heterocycles. The molecule has 1 fully saturated rings. The van der Waals surface area contributed by atoms with E-state index in [2.05, 4.69) is 5.32 Å². The van der Waals surface area contributed by atoms with E-state index >= 15 is 0 Å². The van der Waals surface area contributed by atoms with Crippen LogP contribution in [0.5, 0.6) is 0 Å². The molecule has 9 heteroatoms. The van der Waals surface area contributed by atoms with Crippen molar-refractivity contribution in [1.29, 1.82) is 0 Å². The van der Waals surface area contributed by atoms with Gasteiger partial charge in [-0.3, -0.25) is 4.79 Å². The normalized spacial score (nSPS) is 25.3. The molecule has 31 heavy (non-hydrogen) atoms. The van der Waals surface area contributed by atoms with Crippen LogP contribution in [0.3, 0.4) is 0 Å². The molecule has 0 saturated carbocycles. The molecule has 1 heterocycles. The number of ether oxygens (including phenoxy) is 3. The van der Waals surface area contributed by atoms with Gasteiger partial charge in [0.1, 0.15) is 31.1 Å². The second-order valence-corrected chi connectivity index (χ2v) is 7.06. The molecule has 2 aromatic rings. The van der Waals surface area contributed by atoms with Gasteiger partial charge in [0, 0.05) is 6.92 Å². The van der Waals surface area contributed by atoms with Gasteiger partial charge in [0.05, 0.1) is 11.1 Å². The van der Waals surface area contributed by atoms with Crippen LogP contribution in [0.2, 0.25) is 0 Å². The van der Waals surface area contributed by atoms with Crippen molar-refractivity contribution < 1.29 is 33.7 Å². The van der Waals surface area contributed by atoms with Crippen LogP contribution in [0.4, 0.5) is 0 Å². The predicted molar refractivity (Wildman–Crippen MR) is 109 cm³/mol. The maximum atomic E-state index is 12.5. The van der Waals surface area contributed by atoms with Gasteiger partial charge in [0.15, 0.2) is 6.10 Å². The molecule has 1 saturated heterocycles. The number of hydrogen-bond acceptors (Lipinski definition) is 8. The van der Waals surface area contributed by atoms with Gasteiger partial charge in [-0.25, -0.2) is 9.59 Å². The monoisotopic (exact) mass is 428 g/mol. The number of esters is 2. The van der Waals surface area contributed by atoms with Crippen molar-refractivity contribution in [3.05, 3.63) is 71.8 Å². The number of hydrogen-bond donors (Lipinski definition) is 3. The number of carbonyl (C=O) groups excluding carboxylic acids is 3. The summed E-state index contributed by atoms with van der Waals surface area (Å²) >= 11 is 0. The van der Waals surface area contributed by atoms with Crippen molar-refractivity contribution >= 4 is 17.8 Å². The molecule has 5 atom stereocenters. The van der Waals surface area contributed by atoms with Gasteiger partial charge >= 0.3 is 11.9 Å². The summed E-state index contributed by atoms with van der Waals surface area (Å²) in [6.45, 7) is 0.942. The Kier molecular flexibility index (Phi) is 7.35. The molecule has 0 spiro atoms. The summed E-state index contributed by atoms with van der Waals surface area (Å²) in [6.07, 6.45) is -4.81. The lowest BCUT2D eigenvalue weighted by molar-refractivity contribution is -0.194. The Balaban J connectivity index is 1.73. The van der Waals surface area contributed by atoms with Crippen LogP contribution in [-0.4, -0.2) is 60.1 Å². The number of carbonyl (C=O) groups is 3. The molecule has 3 rings (SSSR count). The highest BCUT2D eigenvalue weighted by atomic mass is 16.6. The minimum absolute atomic E-state index is 0.267. The summed E-state index contributed by atoms with van der Waals surface area (Å²) in [5.41, 5.74) is 6.62. The SMILES string of the molecule is CC(=O)N[C@@H]1[C@@H](OC(=O)c2ccccc2)[C@H](O)[C@@H](COC(=O)c2ccccc2)O[C@H]1N. The molecule has 0 aromatic heterocycles. The second kappa shape index (κ2) is 10.2. The van der Waals surface area contributed by atoms with Crippen LogP contribution in [-0.2, 0) is 19.0 Å². The van der Waals surface area contributed by atoms with E-state index in [0.717, 1.165) is 0 Å². The van der Waals surface area contributed by atoms with E-state index in [-0.39, 0.29) is 12.2 Å². The lowest BCUT2D eigenvalue weighted by Gasteiger charge is -2.42. The minimum atomic E-state index is -1.41. The number of aliphatic hydroxyl groups is 1. The summed E-state index contributed by atoms with van der Waals surface area (Å²) in [6, 6.07) is 15.5. The first-order chi connectivity index (χ1) is 14.9. The van der Waals surface area contributed by atoms with Crippen molar-refractivity contribution in [1.82, 2.24) is 5.32 Å². The highest BCUT2D eigenvalue weighted by molar-refractivity contribution is 5.90. The van der Waals surface area contributed by atoms with Gasteiger partial charge in [-0.05, 0) is 24.3 Å². The van der Waals surface area contributed by atoms with Crippen molar-refractivity contribution in [2.45, 2.75) is 37.5 Å². The van der Waals surface area contributed by atoms with E-state index in [4.69, 9.17) is 19.9 Å². The van der Waals surface area contributed by atoms with Crippen molar-refractivity contribution in [2.24, 2.45) is 5.73 Å². The second-order valence-electron chi connectivity index (χ2n) is 7.06. The molecule has 0 unspecified atom stereocenters. The van der Waals surface area contributed by atoms with Gasteiger partial charge in [0.25, 0.3) is 0 Å². The Bertz CT molecular complexity index is 907. The van der Waals surface area contributed by atoms with Crippen LogP contribution < -0.4 is 11.1 Å². The summed E-state index contributed by atoms with van der Waals surface area (Å²) in [7, 11) is 0. The molecule has 4 N–H and O–H groups in total. The molecular weight excluding hydrogens is 404 g/mol. The number of benzene rings is 2. The van der Waals surface area contributed by atoms with Crippen LogP contribution in [0, 0.1) is 0 Å². The Morgan fingerprint density at radius 3 is 2.10 bits per heavy atom. The molecule has 1 aliphatic rings. The fraction of sp³-hybridized carbons (Fsp3) is 0.318. The van der Waals surface area contributed by atoms with Gasteiger partial charge in [-0.15, -0.1) is 0 Å². The van der Waals surface area contributed by atoms with Gasteiger partial charge in [-0.2, -0.15) is 0 Å². The predicted octanol–water partition coefficient (Wildman–Crippen LogP) is 0.618. The van der Waals surface area contributed by atoms with Gasteiger partial charge in [-0.1, -0.05) is 36.4 Å². The quantitative estimate of drug-likeness (QED) is 0.570. The van der Waals surface area contributed by atoms with Crippen LogP contribution in [0.1, 0.15) is 27.6 Å². The topological polar surface area (TPSA) is 137 Å². The third-order valence-corrected chi connectivity index (χ3v) is 4.77. The zero-order valence-electron chi connectivity index (χ0n) is 16.8. The maximum Gasteiger partial charge on any atom is 0.338 e. The van der Waals surface area contributed by atoms with Crippen LogP contribution in [0.15, 0.2) is 60.7 Å². The lowest BCUT2D eigenvalue weighted by atomic mass is 9.95. The molecule has 2 aromatic carbocycles. The number of amides is 1. The van der Waals surface area contributed by atoms with E-state index in [0.29, 0.717) is 5.56 Å². The third kappa shape index (κ3) is 5.66.